The summed E-state index contributed by atoms with van der Waals surface area (Å²) in [5.41, 5.74) is 15.8. The van der Waals surface area contributed by atoms with E-state index >= 15 is 0 Å². The number of pyridine rings is 2. The monoisotopic (exact) mass is 1720 g/mol. The molecule has 10 aromatic rings. The number of aryl methyl sites for hydroxylation is 5. The van der Waals surface area contributed by atoms with Crippen molar-refractivity contribution < 1.29 is 35.1 Å². The van der Waals surface area contributed by atoms with E-state index < -0.39 is 0 Å². The Labute approximate surface area is 679 Å². The molecule has 0 unspecified atom stereocenters. The molecule has 2 heterocycles. The van der Waals surface area contributed by atoms with Gasteiger partial charge < -0.3 is 0 Å². The molecule has 2 aromatic heterocycles. The van der Waals surface area contributed by atoms with Crippen LogP contribution in [0.3, 0.4) is 0 Å². The first-order valence-electron chi connectivity index (χ1n) is 36.7. The van der Waals surface area contributed by atoms with Gasteiger partial charge in [0.2, 0.25) is 0 Å². The lowest BCUT2D eigenvalue weighted by molar-refractivity contribution is 0.584. The van der Waals surface area contributed by atoms with Crippen molar-refractivity contribution in [1.29, 1.82) is 0 Å². The van der Waals surface area contributed by atoms with E-state index in [1.54, 1.807) is 57.3 Å². The molecule has 0 spiro atoms. The van der Waals surface area contributed by atoms with Crippen LogP contribution in [-0.4, -0.2) is 9.97 Å². The molecule has 0 aliphatic heterocycles. The summed E-state index contributed by atoms with van der Waals surface area (Å²) in [4.78, 5) is 7.69. The highest BCUT2D eigenvalue weighted by Crippen LogP contribution is 2.29. The first-order valence-corrected chi connectivity index (χ1v) is 39.8. The van der Waals surface area contributed by atoms with Crippen LogP contribution in [0.25, 0.3) is 0 Å². The predicted octanol–water partition coefficient (Wildman–Crippen LogP) is 33.1. The third-order valence-corrected chi connectivity index (χ3v) is 19.3. The van der Waals surface area contributed by atoms with Crippen molar-refractivity contribution in [3.8, 4) is 0 Å². The molecule has 2 nitrogen and oxygen atoms in total. The Morgan fingerprint density at radius 1 is 0.259 bits per heavy atom. The van der Waals surface area contributed by atoms with Gasteiger partial charge >= 0.3 is 0 Å². The SMILES string of the molecule is CC(C)c1ccc(F)c(Br)c1.CC(C)c1ccc(F)c(Cl)c1.CC(C)c1ccccc1.CC(C)c1ccnc(Br)c1F.CC(C)c1ccncc1.Cc1cc(C(C)C)ccc1F.Cc1cc(C(C)C)ccc1F.Cc1cc(C(C)C)ccc1F.Cc1cc(F)c(Br)cc1C(C)C.Cc1cc(F)c(Cl)cc1C(C)C. The summed E-state index contributed by atoms with van der Waals surface area (Å²) in [6, 6.07) is 48.7. The average molecular weight is 1720 g/mol. The van der Waals surface area contributed by atoms with E-state index in [-0.39, 0.29) is 62.5 Å². The molecule has 8 aromatic carbocycles. The maximum Gasteiger partial charge on any atom is 0.159 e. The van der Waals surface area contributed by atoms with E-state index in [2.05, 4.69) is 193 Å². The van der Waals surface area contributed by atoms with Gasteiger partial charge in [-0.3, -0.25) is 4.98 Å². The fraction of sp³-hybridized carbons (Fsp3) is 0.376. The van der Waals surface area contributed by atoms with Gasteiger partial charge in [0.25, 0.3) is 0 Å². The summed E-state index contributed by atoms with van der Waals surface area (Å²) < 4.78 is 104. The van der Waals surface area contributed by atoms with E-state index in [1.807, 2.05) is 127 Å². The standard InChI is InChI=1S/C10H12BrF.C10H12ClF.3C10H13F.C9H10BrF.C9H10ClF.C9H12.C8H9BrFN.C8H11N/c2*1-6(2)8-5-9(11)10(12)4-7(8)3;3*1-7(2)9-4-5-10(11)8(3)6-9;2*1-6(2)7-3-4-9(11)8(10)5-7;1-8(2)9-6-4-3-5-7-9;1-5(2)6-3-4-11-8(9)7(6)10;1-7(2)8-3-5-9-6-4-8/h2*4-6H,1-3H3;3*4-7H,1-3H3;2*3-6H,1-2H3;3-8H,1-2H3;3-5H,1-2H3;3-7H,1-2H3. The summed E-state index contributed by atoms with van der Waals surface area (Å²) in [6.07, 6.45) is 5.26. The largest absolute Gasteiger partial charge is 0.265 e. The molecule has 0 fully saturated rings. The Hall–Kier alpha value is -6.48. The van der Waals surface area contributed by atoms with Crippen LogP contribution in [0.1, 0.15) is 281 Å². The number of hydrogen-bond acceptors (Lipinski definition) is 2. The van der Waals surface area contributed by atoms with Gasteiger partial charge in [-0.2, -0.15) is 0 Å². The zero-order valence-corrected chi connectivity index (χ0v) is 74.2. The molecule has 0 saturated heterocycles. The van der Waals surface area contributed by atoms with Crippen LogP contribution in [0, 0.1) is 81.2 Å². The molecule has 0 bridgehead atoms. The van der Waals surface area contributed by atoms with E-state index in [1.165, 1.54) is 69.8 Å². The molecule has 0 radical (unpaired) electrons. The first kappa shape index (κ1) is 99.5. The minimum absolute atomic E-state index is 0.116. The maximum absolute atomic E-state index is 13.1. The molecule has 10 rings (SSSR count). The van der Waals surface area contributed by atoms with Crippen molar-refractivity contribution in [1.82, 2.24) is 9.97 Å². The Bertz CT molecular complexity index is 3830. The number of nitrogens with zero attached hydrogens (tertiary/aromatic N) is 2. The van der Waals surface area contributed by atoms with Crippen LogP contribution in [-0.2, 0) is 0 Å². The van der Waals surface area contributed by atoms with Crippen molar-refractivity contribution in [2.24, 2.45) is 0 Å². The minimum Gasteiger partial charge on any atom is -0.265 e. The smallest absolute Gasteiger partial charge is 0.159 e. The predicted molar refractivity (Wildman–Crippen MR) is 457 cm³/mol. The highest BCUT2D eigenvalue weighted by atomic mass is 79.9. The molecule has 0 atom stereocenters. The third kappa shape index (κ3) is 37.5. The average Bonchev–Trinajstić information content (AvgIpc) is 0.862. The van der Waals surface area contributed by atoms with Crippen LogP contribution in [0.5, 0.6) is 0 Å². The Balaban J connectivity index is 0.000000601. The molecular weight excluding hydrogens is 1610 g/mol. The molecule has 588 valence electrons. The lowest BCUT2D eigenvalue weighted by Gasteiger charge is -2.10. The summed E-state index contributed by atoms with van der Waals surface area (Å²) in [7, 11) is 0. The lowest BCUT2D eigenvalue weighted by atomic mass is 9.98. The van der Waals surface area contributed by atoms with Crippen LogP contribution in [0.2, 0.25) is 10.0 Å². The summed E-state index contributed by atoms with van der Waals surface area (Å²) in [5, 5.41) is 0.417. The highest BCUT2D eigenvalue weighted by Gasteiger charge is 2.13. The zero-order chi connectivity index (χ0) is 82.6. The Morgan fingerprint density at radius 2 is 0.574 bits per heavy atom. The van der Waals surface area contributed by atoms with Gasteiger partial charge in [0.1, 0.15) is 45.3 Å². The van der Waals surface area contributed by atoms with Gasteiger partial charge in [0.15, 0.2) is 5.82 Å². The first-order chi connectivity index (χ1) is 50.3. The summed E-state index contributed by atoms with van der Waals surface area (Å²) in [5.74, 6) is 2.94. The van der Waals surface area contributed by atoms with Crippen LogP contribution in [0.4, 0.5) is 35.1 Å². The maximum atomic E-state index is 13.1. The second-order valence-electron chi connectivity index (χ2n) is 29.4. The van der Waals surface area contributed by atoms with E-state index in [9.17, 15) is 35.1 Å². The number of rotatable bonds is 10. The molecule has 0 aliphatic carbocycles. The fourth-order valence-electron chi connectivity index (χ4n) is 9.86. The molecule has 0 aliphatic rings. The molecule has 15 heteroatoms. The molecule has 0 N–H and O–H groups in total. The molecule has 108 heavy (non-hydrogen) atoms. The summed E-state index contributed by atoms with van der Waals surface area (Å²) >= 11 is 20.6. The fourth-order valence-corrected chi connectivity index (χ4v) is 11.3. The van der Waals surface area contributed by atoms with Gasteiger partial charge in [-0.05, 0) is 310 Å². The quantitative estimate of drug-likeness (QED) is 0.101. The second-order valence-corrected chi connectivity index (χ2v) is 32.6. The number of halogens is 13. The van der Waals surface area contributed by atoms with Gasteiger partial charge in [0.05, 0.1) is 19.0 Å². The van der Waals surface area contributed by atoms with Gasteiger partial charge in [0, 0.05) is 18.6 Å². The second kappa shape index (κ2) is 51.1. The normalized spacial score (nSPS) is 10.6. The van der Waals surface area contributed by atoms with Crippen molar-refractivity contribution in [2.45, 2.75) is 232 Å². The zero-order valence-electron chi connectivity index (χ0n) is 67.9. The third-order valence-electron chi connectivity index (χ3n) is 17.0. The highest BCUT2D eigenvalue weighted by molar-refractivity contribution is 9.11. The van der Waals surface area contributed by atoms with Crippen LogP contribution >= 0.6 is 71.0 Å². The number of hydrogen-bond donors (Lipinski definition) is 0. The Morgan fingerprint density at radius 3 is 0.898 bits per heavy atom. The van der Waals surface area contributed by atoms with Crippen molar-refractivity contribution in [3.63, 3.8) is 0 Å². The van der Waals surface area contributed by atoms with Crippen LogP contribution in [0.15, 0.2) is 196 Å². The lowest BCUT2D eigenvalue weighted by Crippen LogP contribution is -1.94. The van der Waals surface area contributed by atoms with Gasteiger partial charge in [-0.15, -0.1) is 0 Å². The van der Waals surface area contributed by atoms with Crippen molar-refractivity contribution >= 4 is 71.0 Å². The van der Waals surface area contributed by atoms with E-state index in [0.29, 0.717) is 72.4 Å². The molecule has 0 amide bonds. The van der Waals surface area contributed by atoms with E-state index in [4.69, 9.17) is 23.2 Å². The van der Waals surface area contributed by atoms with Gasteiger partial charge in [-0.1, -0.05) is 241 Å². The number of benzene rings is 8. The summed E-state index contributed by atoms with van der Waals surface area (Å²) in [6.45, 7) is 51.1. The minimum atomic E-state index is -0.351. The Kier molecular flexibility index (Phi) is 47.1. The van der Waals surface area contributed by atoms with Crippen LogP contribution < -0.4 is 0 Å². The van der Waals surface area contributed by atoms with Crippen molar-refractivity contribution in [3.05, 3.63) is 336 Å². The topological polar surface area (TPSA) is 25.8 Å². The number of aromatic nitrogens is 2. The molecule has 0 saturated carbocycles. The van der Waals surface area contributed by atoms with Gasteiger partial charge in [-0.25, -0.2) is 40.1 Å². The molecular formula is C93H115Br3Cl2F8N2. The van der Waals surface area contributed by atoms with E-state index in [0.717, 1.165) is 44.5 Å². The van der Waals surface area contributed by atoms with Crippen molar-refractivity contribution in [2.75, 3.05) is 0 Å².